The van der Waals surface area contributed by atoms with Gasteiger partial charge in [0.2, 0.25) is 0 Å². The molecule has 1 N–H and O–H groups in total. The fraction of sp³-hybridized carbons (Fsp3) is 0.733. The van der Waals surface area contributed by atoms with E-state index in [1.807, 2.05) is 23.5 Å². The van der Waals surface area contributed by atoms with E-state index < -0.39 is 0 Å². The van der Waals surface area contributed by atoms with Crippen LogP contribution in [-0.2, 0) is 6.42 Å². The number of aryl methyl sites for hydroxylation is 1. The van der Waals surface area contributed by atoms with Gasteiger partial charge in [-0.25, -0.2) is 9.97 Å². The molecule has 0 aromatic carbocycles. The molecular formula is C15H24BrN3S2. The summed E-state index contributed by atoms with van der Waals surface area (Å²) in [6, 6.07) is 0. The fourth-order valence-corrected chi connectivity index (χ4v) is 5.61. The fourth-order valence-electron chi connectivity index (χ4n) is 2.17. The molecule has 2 heterocycles. The molecule has 3 unspecified atom stereocenters. The first kappa shape index (κ1) is 17.4. The molecule has 3 nitrogen and oxygen atoms in total. The van der Waals surface area contributed by atoms with Crippen LogP contribution in [0.25, 0.3) is 0 Å². The van der Waals surface area contributed by atoms with Crippen LogP contribution in [0.3, 0.4) is 0 Å². The van der Waals surface area contributed by atoms with Crippen molar-refractivity contribution in [2.75, 3.05) is 17.6 Å². The summed E-state index contributed by atoms with van der Waals surface area (Å²) < 4.78 is 1.03. The molecule has 3 atom stereocenters. The summed E-state index contributed by atoms with van der Waals surface area (Å²) in [4.78, 5) is 9.61. The second-order valence-electron chi connectivity index (χ2n) is 5.34. The van der Waals surface area contributed by atoms with Crippen molar-refractivity contribution >= 4 is 45.3 Å². The van der Waals surface area contributed by atoms with E-state index in [2.05, 4.69) is 48.9 Å². The minimum atomic E-state index is 0.404. The molecule has 118 valence electrons. The molecule has 6 heteroatoms. The molecule has 1 saturated heterocycles. The summed E-state index contributed by atoms with van der Waals surface area (Å²) in [5.41, 5.74) is 1.11. The van der Waals surface area contributed by atoms with Gasteiger partial charge in [-0.1, -0.05) is 27.7 Å². The molecule has 1 fully saturated rings. The number of anilines is 1. The minimum Gasteiger partial charge on any atom is -0.369 e. The van der Waals surface area contributed by atoms with E-state index in [-0.39, 0.29) is 0 Å². The van der Waals surface area contributed by atoms with Gasteiger partial charge in [-0.05, 0) is 28.8 Å². The third kappa shape index (κ3) is 4.29. The monoisotopic (exact) mass is 389 g/mol. The van der Waals surface area contributed by atoms with Crippen LogP contribution in [0, 0.1) is 0 Å². The first-order valence-corrected chi connectivity index (χ1v) is 10.4. The van der Waals surface area contributed by atoms with E-state index in [9.17, 15) is 0 Å². The Morgan fingerprint density at radius 1 is 1.24 bits per heavy atom. The van der Waals surface area contributed by atoms with Crippen molar-refractivity contribution in [1.29, 1.82) is 0 Å². The van der Waals surface area contributed by atoms with Crippen molar-refractivity contribution in [3.05, 3.63) is 16.0 Å². The number of aromatic nitrogens is 2. The topological polar surface area (TPSA) is 37.8 Å². The van der Waals surface area contributed by atoms with Crippen molar-refractivity contribution in [3.63, 3.8) is 0 Å². The van der Waals surface area contributed by atoms with Crippen LogP contribution >= 0.6 is 39.5 Å². The maximum atomic E-state index is 4.81. The lowest BCUT2D eigenvalue weighted by Gasteiger charge is -2.30. The quantitative estimate of drug-likeness (QED) is 0.772. The summed E-state index contributed by atoms with van der Waals surface area (Å²) in [5.74, 6) is 3.05. The first-order chi connectivity index (χ1) is 10.1. The highest BCUT2D eigenvalue weighted by molar-refractivity contribution is 9.10. The number of halogens is 1. The number of hydrogen-bond donors (Lipinski definition) is 1. The predicted molar refractivity (Wildman–Crippen MR) is 99.6 cm³/mol. The standard InChI is InChI=1S/C15H24BrN3S2/c1-5-7-17-15-13(16)11(6-2)18-14(19-15)12-8-20-9(3)10(4)21-12/h9-10,12H,5-8H2,1-4H3,(H,17,18,19). The van der Waals surface area contributed by atoms with E-state index in [0.29, 0.717) is 15.7 Å². The van der Waals surface area contributed by atoms with Gasteiger partial charge in [0.25, 0.3) is 0 Å². The Morgan fingerprint density at radius 2 is 2.00 bits per heavy atom. The van der Waals surface area contributed by atoms with Crippen molar-refractivity contribution < 1.29 is 0 Å². The van der Waals surface area contributed by atoms with Gasteiger partial charge >= 0.3 is 0 Å². The van der Waals surface area contributed by atoms with E-state index in [1.54, 1.807) is 0 Å². The average molecular weight is 390 g/mol. The average Bonchev–Trinajstić information content (AvgIpc) is 2.49. The van der Waals surface area contributed by atoms with Crippen LogP contribution in [0.1, 0.15) is 50.9 Å². The van der Waals surface area contributed by atoms with Gasteiger partial charge in [-0.15, -0.1) is 11.8 Å². The SMILES string of the molecule is CCCNc1nc(C2CSC(C)C(C)S2)nc(CC)c1Br. The van der Waals surface area contributed by atoms with Gasteiger partial charge in [0.15, 0.2) is 0 Å². The van der Waals surface area contributed by atoms with Crippen LogP contribution in [0.15, 0.2) is 4.47 Å². The van der Waals surface area contributed by atoms with Crippen LogP contribution in [-0.4, -0.2) is 32.8 Å². The lowest BCUT2D eigenvalue weighted by Crippen LogP contribution is -2.23. The Kier molecular flexibility index (Phi) is 6.69. The summed E-state index contributed by atoms with van der Waals surface area (Å²) in [6.07, 6.45) is 2.02. The van der Waals surface area contributed by atoms with E-state index in [0.717, 1.165) is 46.9 Å². The summed E-state index contributed by atoms with van der Waals surface area (Å²) >= 11 is 7.71. The molecule has 0 radical (unpaired) electrons. The van der Waals surface area contributed by atoms with E-state index >= 15 is 0 Å². The van der Waals surface area contributed by atoms with E-state index in [1.165, 1.54) is 0 Å². The molecule has 1 aromatic rings. The van der Waals surface area contributed by atoms with Crippen molar-refractivity contribution in [1.82, 2.24) is 9.97 Å². The highest BCUT2D eigenvalue weighted by Crippen LogP contribution is 2.43. The summed E-state index contributed by atoms with van der Waals surface area (Å²) in [6.45, 7) is 9.88. The Morgan fingerprint density at radius 3 is 2.62 bits per heavy atom. The smallest absolute Gasteiger partial charge is 0.144 e. The Bertz CT molecular complexity index is 484. The van der Waals surface area contributed by atoms with Crippen molar-refractivity contribution in [3.8, 4) is 0 Å². The normalized spacial score (nSPS) is 25.9. The number of hydrogen-bond acceptors (Lipinski definition) is 5. The van der Waals surface area contributed by atoms with Gasteiger partial charge in [-0.2, -0.15) is 11.8 Å². The van der Waals surface area contributed by atoms with Gasteiger partial charge in [-0.3, -0.25) is 0 Å². The summed E-state index contributed by atoms with van der Waals surface area (Å²) in [5, 5.41) is 5.19. The van der Waals surface area contributed by atoms with Crippen LogP contribution in [0.5, 0.6) is 0 Å². The number of nitrogens with one attached hydrogen (secondary N) is 1. The maximum absolute atomic E-state index is 4.81. The second-order valence-corrected chi connectivity index (χ2v) is 9.13. The minimum absolute atomic E-state index is 0.404. The molecule has 0 amide bonds. The molecule has 0 saturated carbocycles. The Hall–Kier alpha value is 0.0600. The second kappa shape index (κ2) is 8.06. The zero-order chi connectivity index (χ0) is 15.4. The Balaban J connectivity index is 2.26. The van der Waals surface area contributed by atoms with Gasteiger partial charge in [0, 0.05) is 22.8 Å². The molecule has 0 spiro atoms. The molecular weight excluding hydrogens is 366 g/mol. The zero-order valence-corrected chi connectivity index (χ0v) is 16.4. The zero-order valence-electron chi connectivity index (χ0n) is 13.1. The maximum Gasteiger partial charge on any atom is 0.144 e. The van der Waals surface area contributed by atoms with Gasteiger partial charge < -0.3 is 5.32 Å². The lowest BCUT2D eigenvalue weighted by molar-refractivity contribution is 0.834. The van der Waals surface area contributed by atoms with Crippen molar-refractivity contribution in [2.45, 2.75) is 56.3 Å². The molecule has 1 aliphatic heterocycles. The molecule has 0 bridgehead atoms. The first-order valence-electron chi connectivity index (χ1n) is 7.64. The lowest BCUT2D eigenvalue weighted by atomic mass is 10.3. The van der Waals surface area contributed by atoms with Gasteiger partial charge in [0.1, 0.15) is 11.6 Å². The van der Waals surface area contributed by atoms with Crippen LogP contribution < -0.4 is 5.32 Å². The van der Waals surface area contributed by atoms with Crippen LogP contribution in [0.2, 0.25) is 0 Å². The molecule has 1 aliphatic rings. The molecule has 0 aliphatic carbocycles. The summed E-state index contributed by atoms with van der Waals surface area (Å²) in [7, 11) is 0. The molecule has 2 rings (SSSR count). The number of thioether (sulfide) groups is 2. The molecule has 1 aromatic heterocycles. The number of rotatable bonds is 5. The molecule has 21 heavy (non-hydrogen) atoms. The van der Waals surface area contributed by atoms with Crippen LogP contribution in [0.4, 0.5) is 5.82 Å². The Labute approximate surface area is 145 Å². The van der Waals surface area contributed by atoms with Crippen molar-refractivity contribution in [2.24, 2.45) is 0 Å². The largest absolute Gasteiger partial charge is 0.369 e. The van der Waals surface area contributed by atoms with E-state index in [4.69, 9.17) is 9.97 Å². The third-order valence-electron chi connectivity index (χ3n) is 3.65. The highest BCUT2D eigenvalue weighted by atomic mass is 79.9. The highest BCUT2D eigenvalue weighted by Gasteiger charge is 2.29. The third-order valence-corrected chi connectivity index (χ3v) is 7.87. The number of nitrogens with zero attached hydrogens (tertiary/aromatic N) is 2. The van der Waals surface area contributed by atoms with Gasteiger partial charge in [0.05, 0.1) is 15.4 Å². The predicted octanol–water partition coefficient (Wildman–Crippen LogP) is 4.92.